The molecule has 0 radical (unpaired) electrons. The van der Waals surface area contributed by atoms with Crippen LogP contribution in [0.25, 0.3) is 0 Å². The Balaban J connectivity index is 2.24. The third-order valence-corrected chi connectivity index (χ3v) is 2.99. The van der Waals surface area contributed by atoms with Crippen LogP contribution in [0.15, 0.2) is 18.2 Å². The molecule has 0 aliphatic carbocycles. The molecular formula is C16H22N4O. The van der Waals surface area contributed by atoms with Crippen LogP contribution in [0.4, 0.5) is 5.82 Å². The molecule has 0 spiro atoms. The van der Waals surface area contributed by atoms with Gasteiger partial charge in [-0.1, -0.05) is 13.8 Å². The van der Waals surface area contributed by atoms with Gasteiger partial charge < -0.3 is 10.1 Å². The summed E-state index contributed by atoms with van der Waals surface area (Å²) in [5.41, 5.74) is 1.93. The molecule has 112 valence electrons. The van der Waals surface area contributed by atoms with E-state index in [0.29, 0.717) is 11.7 Å². The van der Waals surface area contributed by atoms with E-state index in [1.807, 2.05) is 32.0 Å². The highest BCUT2D eigenvalue weighted by atomic mass is 16.5. The number of aryl methyl sites for hydroxylation is 3. The number of nitrogens with zero attached hydrogens (tertiary/aromatic N) is 3. The zero-order valence-electron chi connectivity index (χ0n) is 13.1. The molecule has 5 nitrogen and oxygen atoms in total. The van der Waals surface area contributed by atoms with Gasteiger partial charge in [0.1, 0.15) is 11.6 Å². The Morgan fingerprint density at radius 2 is 1.90 bits per heavy atom. The van der Waals surface area contributed by atoms with Crippen molar-refractivity contribution in [2.24, 2.45) is 0 Å². The Morgan fingerprint density at radius 1 is 1.10 bits per heavy atom. The number of ether oxygens (including phenoxy) is 1. The van der Waals surface area contributed by atoms with Crippen molar-refractivity contribution in [1.82, 2.24) is 15.0 Å². The first-order chi connectivity index (χ1) is 10.1. The molecule has 2 heterocycles. The van der Waals surface area contributed by atoms with Crippen molar-refractivity contribution in [1.29, 1.82) is 0 Å². The van der Waals surface area contributed by atoms with Gasteiger partial charge in [0.25, 0.3) is 0 Å². The summed E-state index contributed by atoms with van der Waals surface area (Å²) in [5, 5.41) is 3.25. The van der Waals surface area contributed by atoms with Crippen LogP contribution in [-0.4, -0.2) is 21.5 Å². The molecule has 5 heteroatoms. The quantitative estimate of drug-likeness (QED) is 0.878. The van der Waals surface area contributed by atoms with Gasteiger partial charge >= 0.3 is 0 Å². The number of anilines is 1. The largest absolute Gasteiger partial charge is 0.437 e. The van der Waals surface area contributed by atoms with Gasteiger partial charge in [0.15, 0.2) is 5.75 Å². The van der Waals surface area contributed by atoms with Crippen LogP contribution in [0, 0.1) is 13.8 Å². The summed E-state index contributed by atoms with van der Waals surface area (Å²) < 4.78 is 5.90. The molecule has 0 aliphatic rings. The molecule has 0 saturated carbocycles. The summed E-state index contributed by atoms with van der Waals surface area (Å²) in [5.74, 6) is 2.77. The summed E-state index contributed by atoms with van der Waals surface area (Å²) in [6.45, 7) is 8.89. The predicted octanol–water partition coefficient (Wildman–Crippen LogP) is 3.67. The van der Waals surface area contributed by atoms with Crippen LogP contribution in [0.3, 0.4) is 0 Å². The Morgan fingerprint density at radius 3 is 2.62 bits per heavy atom. The molecule has 21 heavy (non-hydrogen) atoms. The highest BCUT2D eigenvalue weighted by molar-refractivity contribution is 5.40. The standard InChI is InChI=1S/C16H22N4O/c1-5-9-17-15-10-16(20-12(4)19-15)21-14-8-7-11(3)18-13(14)6-2/h7-8,10H,5-6,9H2,1-4H3,(H,17,19,20). The molecule has 2 aromatic rings. The molecule has 0 atom stereocenters. The molecule has 0 bridgehead atoms. The fraction of sp³-hybridized carbons (Fsp3) is 0.438. The second-order valence-corrected chi connectivity index (χ2v) is 4.92. The van der Waals surface area contributed by atoms with Crippen molar-refractivity contribution in [2.45, 2.75) is 40.5 Å². The van der Waals surface area contributed by atoms with E-state index in [4.69, 9.17) is 4.74 Å². The summed E-state index contributed by atoms with van der Waals surface area (Å²) in [6, 6.07) is 5.71. The zero-order chi connectivity index (χ0) is 15.2. The van der Waals surface area contributed by atoms with Crippen molar-refractivity contribution in [3.8, 4) is 11.6 Å². The molecule has 0 aromatic carbocycles. The number of pyridine rings is 1. The number of rotatable bonds is 6. The smallest absolute Gasteiger partial charge is 0.224 e. The second-order valence-electron chi connectivity index (χ2n) is 4.92. The van der Waals surface area contributed by atoms with Crippen LogP contribution >= 0.6 is 0 Å². The monoisotopic (exact) mass is 286 g/mol. The van der Waals surface area contributed by atoms with Gasteiger partial charge in [-0.05, 0) is 38.8 Å². The molecule has 2 aromatic heterocycles. The lowest BCUT2D eigenvalue weighted by atomic mass is 10.2. The summed E-state index contributed by atoms with van der Waals surface area (Å²) in [6.07, 6.45) is 1.86. The lowest BCUT2D eigenvalue weighted by Crippen LogP contribution is -2.05. The minimum Gasteiger partial charge on any atom is -0.437 e. The van der Waals surface area contributed by atoms with Crippen LogP contribution in [-0.2, 0) is 6.42 Å². The third-order valence-electron chi connectivity index (χ3n) is 2.99. The lowest BCUT2D eigenvalue weighted by molar-refractivity contribution is 0.451. The number of aromatic nitrogens is 3. The molecule has 2 rings (SSSR count). The summed E-state index contributed by atoms with van der Waals surface area (Å²) >= 11 is 0. The van der Waals surface area contributed by atoms with Gasteiger partial charge in [0.2, 0.25) is 5.88 Å². The fourth-order valence-electron chi connectivity index (χ4n) is 1.99. The number of nitrogens with one attached hydrogen (secondary N) is 1. The summed E-state index contributed by atoms with van der Waals surface area (Å²) in [4.78, 5) is 13.2. The normalized spacial score (nSPS) is 10.5. The van der Waals surface area contributed by atoms with E-state index in [9.17, 15) is 0 Å². The van der Waals surface area contributed by atoms with Crippen LogP contribution in [0.5, 0.6) is 11.6 Å². The second kappa shape index (κ2) is 7.02. The van der Waals surface area contributed by atoms with E-state index in [1.165, 1.54) is 0 Å². The minimum atomic E-state index is 0.543. The van der Waals surface area contributed by atoms with Gasteiger partial charge in [0, 0.05) is 18.3 Å². The third kappa shape index (κ3) is 4.15. The van der Waals surface area contributed by atoms with Gasteiger partial charge in [-0.25, -0.2) is 4.98 Å². The number of hydrogen-bond donors (Lipinski definition) is 1. The maximum atomic E-state index is 5.90. The van der Waals surface area contributed by atoms with Gasteiger partial charge in [-0.15, -0.1) is 0 Å². The van der Waals surface area contributed by atoms with Crippen molar-refractivity contribution in [3.05, 3.63) is 35.4 Å². The SMILES string of the molecule is CCCNc1cc(Oc2ccc(C)nc2CC)nc(C)n1. The average Bonchev–Trinajstić information content (AvgIpc) is 2.46. The highest BCUT2D eigenvalue weighted by Crippen LogP contribution is 2.25. The maximum Gasteiger partial charge on any atom is 0.224 e. The fourth-order valence-corrected chi connectivity index (χ4v) is 1.99. The van der Waals surface area contributed by atoms with E-state index < -0.39 is 0 Å². The molecule has 1 N–H and O–H groups in total. The molecular weight excluding hydrogens is 264 g/mol. The van der Waals surface area contributed by atoms with E-state index in [0.717, 1.165) is 42.3 Å². The van der Waals surface area contributed by atoms with Crippen LogP contribution in [0.1, 0.15) is 37.5 Å². The molecule has 0 saturated heterocycles. The Labute approximate surface area is 125 Å². The molecule has 0 unspecified atom stereocenters. The average molecular weight is 286 g/mol. The maximum absolute atomic E-state index is 5.90. The van der Waals surface area contributed by atoms with Gasteiger partial charge in [0.05, 0.1) is 5.69 Å². The van der Waals surface area contributed by atoms with Gasteiger partial charge in [-0.2, -0.15) is 4.98 Å². The van der Waals surface area contributed by atoms with E-state index in [-0.39, 0.29) is 0 Å². The van der Waals surface area contributed by atoms with Crippen molar-refractivity contribution >= 4 is 5.82 Å². The lowest BCUT2D eigenvalue weighted by Gasteiger charge is -2.11. The number of hydrogen-bond acceptors (Lipinski definition) is 5. The minimum absolute atomic E-state index is 0.543. The molecule has 0 fully saturated rings. The van der Waals surface area contributed by atoms with Crippen LogP contribution < -0.4 is 10.1 Å². The Kier molecular flexibility index (Phi) is 5.09. The predicted molar refractivity (Wildman–Crippen MR) is 84.0 cm³/mol. The highest BCUT2D eigenvalue weighted by Gasteiger charge is 2.08. The molecule has 0 amide bonds. The van der Waals surface area contributed by atoms with Crippen molar-refractivity contribution in [2.75, 3.05) is 11.9 Å². The zero-order valence-corrected chi connectivity index (χ0v) is 13.1. The summed E-state index contributed by atoms with van der Waals surface area (Å²) in [7, 11) is 0. The topological polar surface area (TPSA) is 59.9 Å². The van der Waals surface area contributed by atoms with E-state index in [1.54, 1.807) is 0 Å². The van der Waals surface area contributed by atoms with E-state index >= 15 is 0 Å². The first kappa shape index (κ1) is 15.2. The first-order valence-corrected chi connectivity index (χ1v) is 7.36. The Hall–Kier alpha value is -2.17. The van der Waals surface area contributed by atoms with Crippen molar-refractivity contribution in [3.63, 3.8) is 0 Å². The van der Waals surface area contributed by atoms with E-state index in [2.05, 4.69) is 34.1 Å². The van der Waals surface area contributed by atoms with Crippen molar-refractivity contribution < 1.29 is 4.74 Å². The van der Waals surface area contributed by atoms with Gasteiger partial charge in [-0.3, -0.25) is 4.98 Å². The molecule has 0 aliphatic heterocycles. The van der Waals surface area contributed by atoms with Crippen LogP contribution in [0.2, 0.25) is 0 Å². The Bertz CT molecular complexity index is 613. The first-order valence-electron chi connectivity index (χ1n) is 7.36.